The van der Waals surface area contributed by atoms with Gasteiger partial charge in [-0.1, -0.05) is 6.07 Å². The Labute approximate surface area is 115 Å². The van der Waals surface area contributed by atoms with E-state index in [0.717, 1.165) is 11.1 Å². The maximum atomic E-state index is 11.9. The lowest BCUT2D eigenvalue weighted by molar-refractivity contribution is -0.134. The van der Waals surface area contributed by atoms with Crippen LogP contribution in [0.25, 0.3) is 0 Å². The molecule has 0 aromatic heterocycles. The summed E-state index contributed by atoms with van der Waals surface area (Å²) in [5, 5.41) is 9.66. The van der Waals surface area contributed by atoms with Gasteiger partial charge in [0.1, 0.15) is 5.75 Å². The van der Waals surface area contributed by atoms with Crippen LogP contribution in [0.3, 0.4) is 0 Å². The number of hydrogen-bond donors (Lipinski definition) is 1. The number of hydrogen-bond acceptors (Lipinski definition) is 3. The first-order valence-electron chi connectivity index (χ1n) is 6.35. The normalized spacial score (nSPS) is 11.3. The molecule has 4 nitrogen and oxygen atoms in total. The van der Waals surface area contributed by atoms with Crippen molar-refractivity contribution in [3.8, 4) is 5.75 Å². The van der Waals surface area contributed by atoms with E-state index >= 15 is 0 Å². The van der Waals surface area contributed by atoms with Crippen LogP contribution in [0, 0.1) is 13.8 Å². The molecular formula is C15H23NO3. The highest BCUT2D eigenvalue weighted by Gasteiger charge is 2.19. The first-order chi connectivity index (χ1) is 8.67. The predicted molar refractivity (Wildman–Crippen MR) is 75.3 cm³/mol. The fourth-order valence-corrected chi connectivity index (χ4v) is 1.94. The molecule has 1 amide bonds. The molecule has 0 radical (unpaired) electrons. The van der Waals surface area contributed by atoms with Crippen molar-refractivity contribution in [2.45, 2.75) is 33.3 Å². The Bertz CT molecular complexity index is 429. The van der Waals surface area contributed by atoms with E-state index in [1.165, 1.54) is 4.90 Å². The third-order valence-corrected chi connectivity index (χ3v) is 2.61. The molecule has 0 aliphatic heterocycles. The summed E-state index contributed by atoms with van der Waals surface area (Å²) in [5.74, 6) is 0.545. The zero-order chi connectivity index (χ0) is 14.6. The molecule has 0 unspecified atom stereocenters. The van der Waals surface area contributed by atoms with E-state index in [1.54, 1.807) is 20.9 Å². The van der Waals surface area contributed by atoms with Crippen LogP contribution >= 0.6 is 0 Å². The molecule has 106 valence electrons. The van der Waals surface area contributed by atoms with Crippen molar-refractivity contribution in [1.29, 1.82) is 0 Å². The zero-order valence-electron chi connectivity index (χ0n) is 12.4. The molecular weight excluding hydrogens is 242 g/mol. The van der Waals surface area contributed by atoms with Gasteiger partial charge in [0.25, 0.3) is 5.91 Å². The molecule has 0 atom stereocenters. The highest BCUT2D eigenvalue weighted by Crippen LogP contribution is 2.16. The lowest BCUT2D eigenvalue weighted by atomic mass is 10.1. The molecule has 1 N–H and O–H groups in total. The summed E-state index contributed by atoms with van der Waals surface area (Å²) in [5.41, 5.74) is 1.31. The third-order valence-electron chi connectivity index (χ3n) is 2.61. The largest absolute Gasteiger partial charge is 0.484 e. The van der Waals surface area contributed by atoms with E-state index in [4.69, 9.17) is 4.74 Å². The average molecular weight is 265 g/mol. The van der Waals surface area contributed by atoms with Crippen molar-refractivity contribution in [3.63, 3.8) is 0 Å². The molecule has 1 aromatic rings. The minimum Gasteiger partial charge on any atom is -0.484 e. The van der Waals surface area contributed by atoms with Gasteiger partial charge in [0.2, 0.25) is 0 Å². The van der Waals surface area contributed by atoms with Crippen molar-refractivity contribution >= 4 is 5.91 Å². The number of likely N-dealkylation sites (N-methyl/N-ethyl adjacent to an activating group) is 1. The Morgan fingerprint density at radius 1 is 1.26 bits per heavy atom. The van der Waals surface area contributed by atoms with E-state index in [9.17, 15) is 9.90 Å². The smallest absolute Gasteiger partial charge is 0.260 e. The van der Waals surface area contributed by atoms with Crippen molar-refractivity contribution in [2.24, 2.45) is 0 Å². The van der Waals surface area contributed by atoms with Crippen LogP contribution in [0.15, 0.2) is 18.2 Å². The molecule has 0 saturated carbocycles. The number of aryl methyl sites for hydroxylation is 2. The zero-order valence-corrected chi connectivity index (χ0v) is 12.4. The topological polar surface area (TPSA) is 49.8 Å². The van der Waals surface area contributed by atoms with Crippen LogP contribution in [0.5, 0.6) is 5.75 Å². The van der Waals surface area contributed by atoms with Crippen LogP contribution in [-0.4, -0.2) is 41.7 Å². The molecule has 4 heteroatoms. The van der Waals surface area contributed by atoms with Gasteiger partial charge in [0.15, 0.2) is 6.61 Å². The summed E-state index contributed by atoms with van der Waals surface area (Å²) in [6.45, 7) is 7.57. The van der Waals surface area contributed by atoms with Crippen LogP contribution in [0.2, 0.25) is 0 Å². The summed E-state index contributed by atoms with van der Waals surface area (Å²) in [6, 6.07) is 5.85. The third kappa shape index (κ3) is 5.75. The van der Waals surface area contributed by atoms with Gasteiger partial charge in [0, 0.05) is 13.6 Å². The number of benzene rings is 1. The van der Waals surface area contributed by atoms with Crippen LogP contribution in [0.1, 0.15) is 25.0 Å². The average Bonchev–Trinajstić information content (AvgIpc) is 2.22. The van der Waals surface area contributed by atoms with E-state index in [-0.39, 0.29) is 19.1 Å². The number of aliphatic hydroxyl groups is 1. The minimum atomic E-state index is -0.898. The molecule has 1 aromatic carbocycles. The van der Waals surface area contributed by atoms with Gasteiger partial charge in [-0.3, -0.25) is 4.79 Å². The molecule has 0 saturated heterocycles. The number of carbonyl (C=O) groups is 1. The molecule has 0 spiro atoms. The maximum absolute atomic E-state index is 11.9. The molecule has 0 bridgehead atoms. The van der Waals surface area contributed by atoms with Gasteiger partial charge in [-0.05, 0) is 51.0 Å². The van der Waals surface area contributed by atoms with E-state index < -0.39 is 5.60 Å². The quantitative estimate of drug-likeness (QED) is 0.884. The van der Waals surface area contributed by atoms with Gasteiger partial charge < -0.3 is 14.7 Å². The molecule has 1 rings (SSSR count). The molecule has 0 aliphatic rings. The summed E-state index contributed by atoms with van der Waals surface area (Å²) in [7, 11) is 1.66. The molecule has 19 heavy (non-hydrogen) atoms. The Morgan fingerprint density at radius 2 is 1.79 bits per heavy atom. The van der Waals surface area contributed by atoms with Gasteiger partial charge in [-0.25, -0.2) is 0 Å². The maximum Gasteiger partial charge on any atom is 0.260 e. The fourth-order valence-electron chi connectivity index (χ4n) is 1.94. The second-order valence-corrected chi connectivity index (χ2v) is 5.67. The Kier molecular flexibility index (Phi) is 4.95. The number of nitrogens with zero attached hydrogens (tertiary/aromatic N) is 1. The first-order valence-corrected chi connectivity index (χ1v) is 6.35. The van der Waals surface area contributed by atoms with Gasteiger partial charge in [-0.15, -0.1) is 0 Å². The van der Waals surface area contributed by atoms with Gasteiger partial charge in [0.05, 0.1) is 5.60 Å². The highest BCUT2D eigenvalue weighted by molar-refractivity contribution is 5.77. The van der Waals surface area contributed by atoms with Crippen molar-refractivity contribution in [2.75, 3.05) is 20.2 Å². The molecule has 0 aliphatic carbocycles. The van der Waals surface area contributed by atoms with Gasteiger partial charge >= 0.3 is 0 Å². The van der Waals surface area contributed by atoms with Crippen molar-refractivity contribution < 1.29 is 14.6 Å². The summed E-state index contributed by atoms with van der Waals surface area (Å²) in [6.07, 6.45) is 0. The van der Waals surface area contributed by atoms with Crippen LogP contribution in [-0.2, 0) is 4.79 Å². The second-order valence-electron chi connectivity index (χ2n) is 5.67. The number of carbonyl (C=O) groups excluding carboxylic acids is 1. The summed E-state index contributed by atoms with van der Waals surface area (Å²) >= 11 is 0. The summed E-state index contributed by atoms with van der Waals surface area (Å²) in [4.78, 5) is 13.3. The Morgan fingerprint density at radius 3 is 2.26 bits per heavy atom. The van der Waals surface area contributed by atoms with E-state index in [2.05, 4.69) is 6.07 Å². The lowest BCUT2D eigenvalue weighted by Gasteiger charge is -2.25. The number of ether oxygens (including phenoxy) is 1. The predicted octanol–water partition coefficient (Wildman–Crippen LogP) is 1.91. The van der Waals surface area contributed by atoms with Crippen molar-refractivity contribution in [3.05, 3.63) is 29.3 Å². The monoisotopic (exact) mass is 265 g/mol. The van der Waals surface area contributed by atoms with Gasteiger partial charge in [-0.2, -0.15) is 0 Å². The lowest BCUT2D eigenvalue weighted by Crippen LogP contribution is -2.41. The van der Waals surface area contributed by atoms with Crippen LogP contribution < -0.4 is 4.74 Å². The van der Waals surface area contributed by atoms with E-state index in [0.29, 0.717) is 5.75 Å². The van der Waals surface area contributed by atoms with Crippen LogP contribution in [0.4, 0.5) is 0 Å². The number of rotatable bonds is 5. The molecule has 0 fully saturated rings. The van der Waals surface area contributed by atoms with E-state index in [1.807, 2.05) is 26.0 Å². The second kappa shape index (κ2) is 6.06. The Balaban J connectivity index is 2.54. The highest BCUT2D eigenvalue weighted by atomic mass is 16.5. The fraction of sp³-hybridized carbons (Fsp3) is 0.533. The summed E-state index contributed by atoms with van der Waals surface area (Å²) < 4.78 is 5.49. The standard InChI is InChI=1S/C15H23NO3/c1-11-6-12(2)8-13(7-11)19-9-14(17)16(5)10-15(3,4)18/h6-8,18H,9-10H2,1-5H3. The minimum absolute atomic E-state index is 0.0184. The Hall–Kier alpha value is -1.55. The first kappa shape index (κ1) is 15.5. The SMILES string of the molecule is Cc1cc(C)cc(OCC(=O)N(C)CC(C)(C)O)c1. The van der Waals surface area contributed by atoms with Crippen molar-refractivity contribution in [1.82, 2.24) is 4.90 Å². The number of amides is 1. The molecule has 0 heterocycles.